The van der Waals surface area contributed by atoms with Gasteiger partial charge in [0.15, 0.2) is 0 Å². The fourth-order valence-corrected chi connectivity index (χ4v) is 2.89. The molecule has 136 valence electrons. The Morgan fingerprint density at radius 2 is 2.08 bits per heavy atom. The number of hydrogen-bond donors (Lipinski definition) is 1. The van der Waals surface area contributed by atoms with E-state index in [0.29, 0.717) is 23.9 Å². The number of hydrogen-bond acceptors (Lipinski definition) is 5. The van der Waals surface area contributed by atoms with Gasteiger partial charge in [0.05, 0.1) is 29.6 Å². The second-order valence-corrected chi connectivity index (χ2v) is 6.45. The van der Waals surface area contributed by atoms with Crippen LogP contribution in [0.3, 0.4) is 0 Å². The van der Waals surface area contributed by atoms with Gasteiger partial charge in [-0.15, -0.1) is 0 Å². The predicted octanol–water partition coefficient (Wildman–Crippen LogP) is 0.918. The minimum atomic E-state index is -0.168. The van der Waals surface area contributed by atoms with E-state index < -0.39 is 0 Å². The monoisotopic (exact) mass is 366 g/mol. The number of halogens is 1. The maximum Gasteiger partial charge on any atom is 0.271 e. The Labute approximate surface area is 151 Å². The average Bonchev–Trinajstić information content (AvgIpc) is 3.17. The van der Waals surface area contributed by atoms with Crippen LogP contribution in [0.5, 0.6) is 0 Å². The Morgan fingerprint density at radius 1 is 1.32 bits per heavy atom. The second-order valence-electron chi connectivity index (χ2n) is 6.08. The smallest absolute Gasteiger partial charge is 0.271 e. The summed E-state index contributed by atoms with van der Waals surface area (Å²) in [6.07, 6.45) is 1.77. The lowest BCUT2D eigenvalue weighted by molar-refractivity contribution is 0.0383. The molecule has 2 aromatic rings. The number of aromatic nitrogens is 4. The molecule has 1 fully saturated rings. The minimum absolute atomic E-state index is 0.168. The Morgan fingerprint density at radius 3 is 2.76 bits per heavy atom. The normalized spacial score (nSPS) is 15.5. The summed E-state index contributed by atoms with van der Waals surface area (Å²) in [7, 11) is 0. The summed E-state index contributed by atoms with van der Waals surface area (Å²) in [6, 6.07) is 1.71. The molecule has 1 amide bonds. The lowest BCUT2D eigenvalue weighted by Gasteiger charge is -2.26. The van der Waals surface area contributed by atoms with Gasteiger partial charge in [0.1, 0.15) is 12.4 Å². The molecule has 1 saturated heterocycles. The average molecular weight is 367 g/mol. The van der Waals surface area contributed by atoms with E-state index in [0.717, 1.165) is 44.2 Å². The zero-order valence-corrected chi connectivity index (χ0v) is 15.3. The quantitative estimate of drug-likeness (QED) is 0.822. The molecule has 3 rings (SSSR count). The largest absolute Gasteiger partial charge is 0.379 e. The summed E-state index contributed by atoms with van der Waals surface area (Å²) in [5.41, 5.74) is 2.06. The van der Waals surface area contributed by atoms with Gasteiger partial charge in [0.25, 0.3) is 5.91 Å². The number of carbonyl (C=O) groups excluding carboxylic acids is 1. The van der Waals surface area contributed by atoms with Crippen molar-refractivity contribution >= 4 is 17.5 Å². The molecular weight excluding hydrogens is 344 g/mol. The SMILES string of the molecule is Cc1nn(Cn2ccc(C(=O)NCCN3CCOCC3)n2)c(C)c1Cl. The third kappa shape index (κ3) is 4.39. The summed E-state index contributed by atoms with van der Waals surface area (Å²) in [5.74, 6) is -0.168. The molecule has 0 aromatic carbocycles. The number of morpholine rings is 1. The van der Waals surface area contributed by atoms with Crippen LogP contribution in [-0.2, 0) is 11.4 Å². The van der Waals surface area contributed by atoms with Gasteiger partial charge in [0.2, 0.25) is 0 Å². The highest BCUT2D eigenvalue weighted by molar-refractivity contribution is 6.31. The number of carbonyl (C=O) groups is 1. The van der Waals surface area contributed by atoms with Crippen molar-refractivity contribution in [2.45, 2.75) is 20.5 Å². The molecule has 9 heteroatoms. The van der Waals surface area contributed by atoms with Crippen molar-refractivity contribution in [3.05, 3.63) is 34.4 Å². The van der Waals surface area contributed by atoms with Crippen LogP contribution in [0.2, 0.25) is 5.02 Å². The van der Waals surface area contributed by atoms with Crippen molar-refractivity contribution in [2.75, 3.05) is 39.4 Å². The van der Waals surface area contributed by atoms with E-state index in [2.05, 4.69) is 20.4 Å². The van der Waals surface area contributed by atoms with Gasteiger partial charge in [-0.2, -0.15) is 10.2 Å². The van der Waals surface area contributed by atoms with Crippen LogP contribution in [0.15, 0.2) is 12.3 Å². The molecule has 1 N–H and O–H groups in total. The number of aryl methyl sites for hydroxylation is 1. The minimum Gasteiger partial charge on any atom is -0.379 e. The zero-order valence-electron chi connectivity index (χ0n) is 14.5. The number of rotatable bonds is 6. The fraction of sp³-hybridized carbons (Fsp3) is 0.562. The molecule has 0 unspecified atom stereocenters. The first-order chi connectivity index (χ1) is 12.0. The van der Waals surface area contributed by atoms with Crippen LogP contribution in [0, 0.1) is 13.8 Å². The van der Waals surface area contributed by atoms with E-state index in [9.17, 15) is 4.79 Å². The van der Waals surface area contributed by atoms with Crippen LogP contribution in [0.1, 0.15) is 21.9 Å². The molecule has 0 spiro atoms. The highest BCUT2D eigenvalue weighted by atomic mass is 35.5. The van der Waals surface area contributed by atoms with E-state index in [4.69, 9.17) is 16.3 Å². The summed E-state index contributed by atoms with van der Waals surface area (Å²) in [6.45, 7) is 8.95. The Kier molecular flexibility index (Phi) is 5.72. The molecule has 25 heavy (non-hydrogen) atoms. The topological polar surface area (TPSA) is 77.2 Å². The van der Waals surface area contributed by atoms with E-state index >= 15 is 0 Å². The summed E-state index contributed by atoms with van der Waals surface area (Å²) in [5, 5.41) is 12.3. The molecule has 2 aromatic heterocycles. The zero-order chi connectivity index (χ0) is 17.8. The number of nitrogens with zero attached hydrogens (tertiary/aromatic N) is 5. The van der Waals surface area contributed by atoms with Gasteiger partial charge < -0.3 is 10.1 Å². The third-order valence-corrected chi connectivity index (χ3v) is 4.81. The van der Waals surface area contributed by atoms with E-state index in [1.165, 1.54) is 0 Å². The van der Waals surface area contributed by atoms with Crippen LogP contribution in [0.25, 0.3) is 0 Å². The van der Waals surface area contributed by atoms with Gasteiger partial charge in [-0.25, -0.2) is 4.68 Å². The number of amides is 1. The van der Waals surface area contributed by atoms with Crippen molar-refractivity contribution in [1.29, 1.82) is 0 Å². The van der Waals surface area contributed by atoms with E-state index in [-0.39, 0.29) is 5.91 Å². The molecule has 1 aliphatic rings. The first-order valence-electron chi connectivity index (χ1n) is 8.36. The van der Waals surface area contributed by atoms with E-state index in [1.807, 2.05) is 13.8 Å². The molecule has 0 aliphatic carbocycles. The predicted molar refractivity (Wildman–Crippen MR) is 93.9 cm³/mol. The molecule has 0 saturated carbocycles. The molecule has 0 bridgehead atoms. The number of nitrogens with one attached hydrogen (secondary N) is 1. The fourth-order valence-electron chi connectivity index (χ4n) is 2.75. The Bertz CT molecular complexity index is 735. The Hall–Kier alpha value is -1.90. The van der Waals surface area contributed by atoms with Gasteiger partial charge in [-0.1, -0.05) is 11.6 Å². The van der Waals surface area contributed by atoms with Crippen molar-refractivity contribution in [3.63, 3.8) is 0 Å². The maximum atomic E-state index is 12.2. The maximum absolute atomic E-state index is 12.2. The lowest BCUT2D eigenvalue weighted by Crippen LogP contribution is -2.41. The molecule has 1 aliphatic heterocycles. The van der Waals surface area contributed by atoms with Crippen molar-refractivity contribution in [2.24, 2.45) is 0 Å². The van der Waals surface area contributed by atoms with Crippen molar-refractivity contribution in [3.8, 4) is 0 Å². The van der Waals surface area contributed by atoms with Crippen molar-refractivity contribution < 1.29 is 9.53 Å². The lowest BCUT2D eigenvalue weighted by atomic mass is 10.4. The van der Waals surface area contributed by atoms with Crippen LogP contribution < -0.4 is 5.32 Å². The molecular formula is C16H23ClN6O2. The van der Waals surface area contributed by atoms with Crippen LogP contribution in [0.4, 0.5) is 0 Å². The molecule has 0 radical (unpaired) electrons. The first-order valence-corrected chi connectivity index (χ1v) is 8.73. The van der Waals surface area contributed by atoms with Gasteiger partial charge in [-0.3, -0.25) is 14.4 Å². The van der Waals surface area contributed by atoms with Gasteiger partial charge in [-0.05, 0) is 19.9 Å². The standard InChI is InChI=1S/C16H23ClN6O2/c1-12-15(17)13(2)23(19-12)11-22-5-3-14(20-22)16(24)18-4-6-21-7-9-25-10-8-21/h3,5H,4,6-11H2,1-2H3,(H,18,24). The first kappa shape index (κ1) is 17.9. The van der Waals surface area contributed by atoms with Gasteiger partial charge >= 0.3 is 0 Å². The molecule has 8 nitrogen and oxygen atoms in total. The van der Waals surface area contributed by atoms with Crippen molar-refractivity contribution in [1.82, 2.24) is 29.8 Å². The summed E-state index contributed by atoms with van der Waals surface area (Å²) >= 11 is 6.15. The van der Waals surface area contributed by atoms with E-state index in [1.54, 1.807) is 21.6 Å². The molecule has 0 atom stereocenters. The Balaban J connectivity index is 1.51. The summed E-state index contributed by atoms with van der Waals surface area (Å²) in [4.78, 5) is 14.5. The number of ether oxygens (including phenoxy) is 1. The summed E-state index contributed by atoms with van der Waals surface area (Å²) < 4.78 is 8.75. The van der Waals surface area contributed by atoms with Crippen LogP contribution in [-0.4, -0.2) is 69.8 Å². The second kappa shape index (κ2) is 7.99. The van der Waals surface area contributed by atoms with Crippen LogP contribution >= 0.6 is 11.6 Å². The molecule has 3 heterocycles. The third-order valence-electron chi connectivity index (χ3n) is 4.26. The van der Waals surface area contributed by atoms with Gasteiger partial charge in [0, 0.05) is 32.4 Å². The highest BCUT2D eigenvalue weighted by Crippen LogP contribution is 2.18. The highest BCUT2D eigenvalue weighted by Gasteiger charge is 2.14.